The molecule has 0 aliphatic heterocycles. The number of hydrogen-bond acceptors (Lipinski definition) is 4. The molecule has 18 heavy (non-hydrogen) atoms. The van der Waals surface area contributed by atoms with Gasteiger partial charge in [0.1, 0.15) is 5.82 Å². The van der Waals surface area contributed by atoms with Crippen molar-refractivity contribution in [3.8, 4) is 0 Å². The molecule has 0 fully saturated rings. The van der Waals surface area contributed by atoms with Crippen LogP contribution >= 0.6 is 11.6 Å². The van der Waals surface area contributed by atoms with Crippen LogP contribution < -0.4 is 5.32 Å². The minimum Gasteiger partial charge on any atom is -0.478 e. The Bertz CT molecular complexity index is 447. The van der Waals surface area contributed by atoms with Crippen LogP contribution in [0.4, 0.5) is 5.82 Å². The zero-order valence-electron chi connectivity index (χ0n) is 10.4. The van der Waals surface area contributed by atoms with E-state index in [1.165, 1.54) is 6.08 Å². The Hall–Kier alpha value is -1.59. The van der Waals surface area contributed by atoms with Crippen molar-refractivity contribution in [1.82, 2.24) is 9.88 Å². The first kappa shape index (κ1) is 14.5. The van der Waals surface area contributed by atoms with Crippen molar-refractivity contribution in [3.05, 3.63) is 28.9 Å². The third-order valence-corrected chi connectivity index (χ3v) is 2.42. The summed E-state index contributed by atoms with van der Waals surface area (Å²) in [6.07, 6.45) is 4.07. The summed E-state index contributed by atoms with van der Waals surface area (Å²) < 4.78 is 0. The standard InChI is InChI=1S/C12H16ClN3O2/c1-16(2)6-5-14-12-10(13)7-9(8-15-12)3-4-11(17)18/h3-4,7-8H,5-6H2,1-2H3,(H,14,15)(H,17,18)/b4-3+. The summed E-state index contributed by atoms with van der Waals surface area (Å²) >= 11 is 6.04. The van der Waals surface area contributed by atoms with Crippen LogP contribution in [0.15, 0.2) is 18.3 Å². The summed E-state index contributed by atoms with van der Waals surface area (Å²) in [6.45, 7) is 1.61. The van der Waals surface area contributed by atoms with Gasteiger partial charge in [-0.3, -0.25) is 0 Å². The van der Waals surface area contributed by atoms with Gasteiger partial charge in [-0.15, -0.1) is 0 Å². The third kappa shape index (κ3) is 5.16. The fourth-order valence-corrected chi connectivity index (χ4v) is 1.48. The van der Waals surface area contributed by atoms with Crippen molar-refractivity contribution in [2.45, 2.75) is 0 Å². The summed E-state index contributed by atoms with van der Waals surface area (Å²) in [6, 6.07) is 1.67. The highest BCUT2D eigenvalue weighted by Gasteiger charge is 2.02. The number of hydrogen-bond donors (Lipinski definition) is 2. The molecule has 0 saturated carbocycles. The maximum atomic E-state index is 10.4. The topological polar surface area (TPSA) is 65.5 Å². The van der Waals surface area contributed by atoms with Gasteiger partial charge in [-0.25, -0.2) is 9.78 Å². The molecular formula is C12H16ClN3O2. The smallest absolute Gasteiger partial charge is 0.328 e. The molecule has 1 rings (SSSR count). The zero-order valence-corrected chi connectivity index (χ0v) is 11.1. The highest BCUT2D eigenvalue weighted by molar-refractivity contribution is 6.33. The van der Waals surface area contributed by atoms with Crippen molar-refractivity contribution in [2.24, 2.45) is 0 Å². The van der Waals surface area contributed by atoms with E-state index in [9.17, 15) is 4.79 Å². The Labute approximate surface area is 111 Å². The van der Waals surface area contributed by atoms with Crippen molar-refractivity contribution < 1.29 is 9.90 Å². The molecule has 0 atom stereocenters. The molecule has 98 valence electrons. The molecule has 0 saturated heterocycles. The van der Waals surface area contributed by atoms with Crippen LogP contribution in [0.3, 0.4) is 0 Å². The van der Waals surface area contributed by atoms with Crippen LogP contribution in [0.5, 0.6) is 0 Å². The number of likely N-dealkylation sites (N-methyl/N-ethyl adjacent to an activating group) is 1. The predicted octanol–water partition coefficient (Wildman–Crippen LogP) is 1.81. The van der Waals surface area contributed by atoms with Crippen LogP contribution in [-0.4, -0.2) is 48.1 Å². The van der Waals surface area contributed by atoms with E-state index in [1.54, 1.807) is 12.3 Å². The van der Waals surface area contributed by atoms with Gasteiger partial charge < -0.3 is 15.3 Å². The summed E-state index contributed by atoms with van der Waals surface area (Å²) in [7, 11) is 3.97. The van der Waals surface area contributed by atoms with Crippen LogP contribution in [0, 0.1) is 0 Å². The van der Waals surface area contributed by atoms with E-state index in [0.717, 1.165) is 19.2 Å². The lowest BCUT2D eigenvalue weighted by molar-refractivity contribution is -0.131. The number of halogens is 1. The number of carboxylic acids is 1. The molecule has 0 spiro atoms. The average molecular weight is 270 g/mol. The number of carbonyl (C=O) groups is 1. The molecule has 1 aromatic rings. The second kappa shape index (κ2) is 6.98. The molecule has 6 heteroatoms. The van der Waals surface area contributed by atoms with E-state index >= 15 is 0 Å². The Morgan fingerprint density at radius 2 is 2.33 bits per heavy atom. The normalized spacial score (nSPS) is 11.1. The molecule has 1 heterocycles. The van der Waals surface area contributed by atoms with Crippen LogP contribution in [0.25, 0.3) is 6.08 Å². The summed E-state index contributed by atoms with van der Waals surface area (Å²) in [5, 5.41) is 12.1. The van der Waals surface area contributed by atoms with E-state index < -0.39 is 5.97 Å². The minimum absolute atomic E-state index is 0.473. The van der Waals surface area contributed by atoms with E-state index in [0.29, 0.717) is 16.4 Å². The zero-order chi connectivity index (χ0) is 13.5. The van der Waals surface area contributed by atoms with Gasteiger partial charge in [0.05, 0.1) is 5.02 Å². The van der Waals surface area contributed by atoms with Gasteiger partial charge in [0.25, 0.3) is 0 Å². The number of anilines is 1. The van der Waals surface area contributed by atoms with Crippen LogP contribution in [-0.2, 0) is 4.79 Å². The van der Waals surface area contributed by atoms with Crippen molar-refractivity contribution in [3.63, 3.8) is 0 Å². The van der Waals surface area contributed by atoms with Crippen molar-refractivity contribution in [1.29, 1.82) is 0 Å². The van der Waals surface area contributed by atoms with Gasteiger partial charge in [-0.05, 0) is 31.8 Å². The predicted molar refractivity (Wildman–Crippen MR) is 73.0 cm³/mol. The second-order valence-electron chi connectivity index (χ2n) is 4.00. The second-order valence-corrected chi connectivity index (χ2v) is 4.41. The Kier molecular flexibility index (Phi) is 5.61. The van der Waals surface area contributed by atoms with Gasteiger partial charge in [0.15, 0.2) is 0 Å². The number of carboxylic acid groups (broad SMARTS) is 1. The van der Waals surface area contributed by atoms with Gasteiger partial charge >= 0.3 is 5.97 Å². The number of nitrogens with zero attached hydrogens (tertiary/aromatic N) is 2. The average Bonchev–Trinajstić information content (AvgIpc) is 2.28. The fourth-order valence-electron chi connectivity index (χ4n) is 1.24. The Balaban J connectivity index is 2.65. The SMILES string of the molecule is CN(C)CCNc1ncc(/C=C/C(=O)O)cc1Cl. The highest BCUT2D eigenvalue weighted by Crippen LogP contribution is 2.20. The lowest BCUT2D eigenvalue weighted by Crippen LogP contribution is -2.21. The maximum Gasteiger partial charge on any atom is 0.328 e. The summed E-state index contributed by atoms with van der Waals surface area (Å²) in [4.78, 5) is 16.6. The van der Waals surface area contributed by atoms with Crippen molar-refractivity contribution >= 4 is 29.5 Å². The third-order valence-electron chi connectivity index (χ3n) is 2.13. The molecular weight excluding hydrogens is 254 g/mol. The maximum absolute atomic E-state index is 10.4. The van der Waals surface area contributed by atoms with E-state index in [-0.39, 0.29) is 0 Å². The number of aromatic nitrogens is 1. The highest BCUT2D eigenvalue weighted by atomic mass is 35.5. The van der Waals surface area contributed by atoms with Crippen LogP contribution in [0.2, 0.25) is 5.02 Å². The molecule has 0 aliphatic rings. The molecule has 1 aromatic heterocycles. The van der Waals surface area contributed by atoms with Gasteiger partial charge in [0, 0.05) is 25.4 Å². The first-order valence-electron chi connectivity index (χ1n) is 5.44. The number of pyridine rings is 1. The molecule has 0 radical (unpaired) electrons. The van der Waals surface area contributed by atoms with Crippen molar-refractivity contribution in [2.75, 3.05) is 32.5 Å². The first-order valence-corrected chi connectivity index (χ1v) is 5.82. The fraction of sp³-hybridized carbons (Fsp3) is 0.333. The largest absolute Gasteiger partial charge is 0.478 e. The molecule has 5 nitrogen and oxygen atoms in total. The van der Waals surface area contributed by atoms with E-state index in [1.807, 2.05) is 19.0 Å². The molecule has 0 aromatic carbocycles. The van der Waals surface area contributed by atoms with E-state index in [4.69, 9.17) is 16.7 Å². The van der Waals surface area contributed by atoms with Gasteiger partial charge in [0.2, 0.25) is 0 Å². The van der Waals surface area contributed by atoms with Gasteiger partial charge in [-0.2, -0.15) is 0 Å². The monoisotopic (exact) mass is 269 g/mol. The molecule has 0 amide bonds. The molecule has 2 N–H and O–H groups in total. The molecule has 0 aliphatic carbocycles. The lowest BCUT2D eigenvalue weighted by atomic mass is 10.2. The molecule has 0 unspecified atom stereocenters. The van der Waals surface area contributed by atoms with Gasteiger partial charge in [-0.1, -0.05) is 11.6 Å². The first-order chi connectivity index (χ1) is 8.49. The number of nitrogens with one attached hydrogen (secondary N) is 1. The minimum atomic E-state index is -1.00. The number of aliphatic carboxylic acids is 1. The van der Waals surface area contributed by atoms with Crippen LogP contribution in [0.1, 0.15) is 5.56 Å². The Morgan fingerprint density at radius 3 is 2.89 bits per heavy atom. The quantitative estimate of drug-likeness (QED) is 0.771. The van der Waals surface area contributed by atoms with E-state index in [2.05, 4.69) is 10.3 Å². The summed E-state index contributed by atoms with van der Waals surface area (Å²) in [5.74, 6) is -0.398. The lowest BCUT2D eigenvalue weighted by Gasteiger charge is -2.11. The summed E-state index contributed by atoms with van der Waals surface area (Å²) in [5.41, 5.74) is 0.653. The Morgan fingerprint density at radius 1 is 1.61 bits per heavy atom. The molecule has 0 bridgehead atoms. The number of rotatable bonds is 6.